The molecule has 1 aromatic rings. The first-order valence-corrected chi connectivity index (χ1v) is 6.18. The summed E-state index contributed by atoms with van der Waals surface area (Å²) >= 11 is 0. The maximum Gasteiger partial charge on any atom is 0.120 e. The van der Waals surface area contributed by atoms with Crippen LogP contribution in [0.2, 0.25) is 0 Å². The molecule has 1 saturated carbocycles. The van der Waals surface area contributed by atoms with Gasteiger partial charge in [0.1, 0.15) is 5.75 Å². The van der Waals surface area contributed by atoms with E-state index >= 15 is 0 Å². The number of hydrogen-bond donors (Lipinski definition) is 0. The fourth-order valence-corrected chi connectivity index (χ4v) is 2.51. The van der Waals surface area contributed by atoms with Gasteiger partial charge < -0.3 is 9.64 Å². The summed E-state index contributed by atoms with van der Waals surface area (Å²) in [4.78, 5) is 2.40. The highest BCUT2D eigenvalue weighted by atomic mass is 16.5. The Morgan fingerprint density at radius 2 is 1.94 bits per heavy atom. The predicted molar refractivity (Wildman–Crippen MR) is 68.3 cm³/mol. The van der Waals surface area contributed by atoms with Crippen molar-refractivity contribution in [1.29, 1.82) is 0 Å². The van der Waals surface area contributed by atoms with Crippen molar-refractivity contribution < 1.29 is 4.74 Å². The van der Waals surface area contributed by atoms with E-state index in [1.165, 1.54) is 37.8 Å². The van der Waals surface area contributed by atoms with Gasteiger partial charge in [0.15, 0.2) is 0 Å². The Hall–Kier alpha value is -1.18. The molecular weight excluding hydrogens is 198 g/mol. The van der Waals surface area contributed by atoms with Gasteiger partial charge in [-0.15, -0.1) is 0 Å². The Morgan fingerprint density at radius 1 is 1.19 bits per heavy atom. The van der Waals surface area contributed by atoms with Gasteiger partial charge in [-0.3, -0.25) is 0 Å². The van der Waals surface area contributed by atoms with Crippen molar-refractivity contribution in [3.05, 3.63) is 24.3 Å². The van der Waals surface area contributed by atoms with Gasteiger partial charge in [-0.25, -0.2) is 0 Å². The van der Waals surface area contributed by atoms with Crippen molar-refractivity contribution in [1.82, 2.24) is 0 Å². The molecule has 0 saturated heterocycles. The number of hydrogen-bond acceptors (Lipinski definition) is 2. The van der Waals surface area contributed by atoms with Crippen molar-refractivity contribution in [2.45, 2.75) is 38.1 Å². The van der Waals surface area contributed by atoms with Gasteiger partial charge in [-0.1, -0.05) is 25.3 Å². The molecule has 0 radical (unpaired) electrons. The van der Waals surface area contributed by atoms with Crippen LogP contribution in [0.4, 0.5) is 5.69 Å². The highest BCUT2D eigenvalue weighted by molar-refractivity contribution is 5.50. The first kappa shape index (κ1) is 11.3. The van der Waals surface area contributed by atoms with Crippen LogP contribution in [0.1, 0.15) is 32.1 Å². The summed E-state index contributed by atoms with van der Waals surface area (Å²) < 4.78 is 5.27. The molecule has 1 aromatic carbocycles. The topological polar surface area (TPSA) is 12.5 Å². The van der Waals surface area contributed by atoms with E-state index in [1.54, 1.807) is 7.11 Å². The van der Waals surface area contributed by atoms with Gasteiger partial charge in [-0.2, -0.15) is 0 Å². The molecule has 0 aromatic heterocycles. The van der Waals surface area contributed by atoms with Crippen molar-refractivity contribution in [3.63, 3.8) is 0 Å². The molecule has 2 rings (SSSR count). The second-order valence-electron chi connectivity index (χ2n) is 4.60. The van der Waals surface area contributed by atoms with Crippen molar-refractivity contribution in [3.8, 4) is 5.75 Å². The molecule has 88 valence electrons. The van der Waals surface area contributed by atoms with E-state index in [1.807, 2.05) is 6.07 Å². The van der Waals surface area contributed by atoms with E-state index in [9.17, 15) is 0 Å². The van der Waals surface area contributed by atoms with Gasteiger partial charge in [0, 0.05) is 24.8 Å². The van der Waals surface area contributed by atoms with E-state index in [0.29, 0.717) is 6.04 Å². The molecule has 1 fully saturated rings. The second-order valence-corrected chi connectivity index (χ2v) is 4.60. The fraction of sp³-hybridized carbons (Fsp3) is 0.571. The van der Waals surface area contributed by atoms with Crippen LogP contribution >= 0.6 is 0 Å². The molecule has 2 nitrogen and oxygen atoms in total. The van der Waals surface area contributed by atoms with Gasteiger partial charge >= 0.3 is 0 Å². The quantitative estimate of drug-likeness (QED) is 0.772. The maximum absolute atomic E-state index is 5.27. The third kappa shape index (κ3) is 2.49. The summed E-state index contributed by atoms with van der Waals surface area (Å²) in [6.45, 7) is 0. The number of ether oxygens (including phenoxy) is 1. The van der Waals surface area contributed by atoms with Crippen LogP contribution < -0.4 is 9.64 Å². The Morgan fingerprint density at radius 3 is 2.62 bits per heavy atom. The molecule has 0 aliphatic heterocycles. The minimum absolute atomic E-state index is 0.709. The SMILES string of the molecule is COc1cccc(N(C)C2CCCCC2)c1. The zero-order chi connectivity index (χ0) is 11.4. The summed E-state index contributed by atoms with van der Waals surface area (Å²) in [5.41, 5.74) is 1.27. The number of nitrogens with zero attached hydrogens (tertiary/aromatic N) is 1. The number of benzene rings is 1. The van der Waals surface area contributed by atoms with Gasteiger partial charge in [-0.05, 0) is 25.0 Å². The number of methoxy groups -OCH3 is 1. The first-order chi connectivity index (χ1) is 7.81. The molecule has 0 heterocycles. The molecule has 1 aliphatic rings. The van der Waals surface area contributed by atoms with Crippen LogP contribution in [-0.2, 0) is 0 Å². The minimum Gasteiger partial charge on any atom is -0.497 e. The lowest BCUT2D eigenvalue weighted by Crippen LogP contribution is -2.33. The summed E-state index contributed by atoms with van der Waals surface area (Å²) in [7, 11) is 3.92. The molecule has 0 atom stereocenters. The Kier molecular flexibility index (Phi) is 3.70. The average Bonchev–Trinajstić information content (AvgIpc) is 2.39. The van der Waals surface area contributed by atoms with Gasteiger partial charge in [0.2, 0.25) is 0 Å². The van der Waals surface area contributed by atoms with E-state index in [2.05, 4.69) is 30.1 Å². The van der Waals surface area contributed by atoms with Crippen LogP contribution in [0.25, 0.3) is 0 Å². The molecule has 0 unspecified atom stereocenters. The Balaban J connectivity index is 2.09. The molecule has 16 heavy (non-hydrogen) atoms. The molecule has 0 amide bonds. The normalized spacial score (nSPS) is 17.1. The van der Waals surface area contributed by atoms with Crippen molar-refractivity contribution in [2.75, 3.05) is 19.1 Å². The zero-order valence-corrected chi connectivity index (χ0v) is 10.3. The molecule has 0 N–H and O–H groups in total. The Labute approximate surface area is 98.2 Å². The van der Waals surface area contributed by atoms with Gasteiger partial charge in [0.25, 0.3) is 0 Å². The predicted octanol–water partition coefficient (Wildman–Crippen LogP) is 3.46. The Bertz CT molecular complexity index is 331. The molecule has 0 spiro atoms. The van der Waals surface area contributed by atoms with E-state index in [-0.39, 0.29) is 0 Å². The van der Waals surface area contributed by atoms with Crippen LogP contribution in [-0.4, -0.2) is 20.2 Å². The maximum atomic E-state index is 5.27. The highest BCUT2D eigenvalue weighted by Crippen LogP contribution is 2.27. The zero-order valence-electron chi connectivity index (χ0n) is 10.3. The lowest BCUT2D eigenvalue weighted by atomic mass is 9.94. The third-order valence-electron chi connectivity index (χ3n) is 3.58. The van der Waals surface area contributed by atoms with Gasteiger partial charge in [0.05, 0.1) is 7.11 Å². The minimum atomic E-state index is 0.709. The van der Waals surface area contributed by atoms with E-state index in [0.717, 1.165) is 5.75 Å². The average molecular weight is 219 g/mol. The third-order valence-corrected chi connectivity index (χ3v) is 3.58. The van der Waals surface area contributed by atoms with Crippen LogP contribution in [0.3, 0.4) is 0 Å². The fourth-order valence-electron chi connectivity index (χ4n) is 2.51. The number of rotatable bonds is 3. The monoisotopic (exact) mass is 219 g/mol. The summed E-state index contributed by atoms with van der Waals surface area (Å²) in [6.07, 6.45) is 6.81. The van der Waals surface area contributed by atoms with Crippen LogP contribution in [0.5, 0.6) is 5.75 Å². The lowest BCUT2D eigenvalue weighted by molar-refractivity contribution is 0.412. The lowest BCUT2D eigenvalue weighted by Gasteiger charge is -2.33. The largest absolute Gasteiger partial charge is 0.497 e. The molecular formula is C14H21NO. The second kappa shape index (κ2) is 5.24. The highest BCUT2D eigenvalue weighted by Gasteiger charge is 2.18. The van der Waals surface area contributed by atoms with Crippen LogP contribution in [0, 0.1) is 0 Å². The standard InChI is InChI=1S/C14H21NO/c1-15(12-7-4-3-5-8-12)13-9-6-10-14(11-13)16-2/h6,9-12H,3-5,7-8H2,1-2H3. The van der Waals surface area contributed by atoms with E-state index < -0.39 is 0 Å². The number of anilines is 1. The smallest absolute Gasteiger partial charge is 0.120 e. The first-order valence-electron chi connectivity index (χ1n) is 6.18. The van der Waals surface area contributed by atoms with Crippen molar-refractivity contribution >= 4 is 5.69 Å². The van der Waals surface area contributed by atoms with E-state index in [4.69, 9.17) is 4.74 Å². The van der Waals surface area contributed by atoms with Crippen LogP contribution in [0.15, 0.2) is 24.3 Å². The molecule has 1 aliphatic carbocycles. The summed E-state index contributed by atoms with van der Waals surface area (Å²) in [6, 6.07) is 9.05. The van der Waals surface area contributed by atoms with Crippen molar-refractivity contribution in [2.24, 2.45) is 0 Å². The molecule has 0 bridgehead atoms. The molecule has 2 heteroatoms. The summed E-state index contributed by atoms with van der Waals surface area (Å²) in [5.74, 6) is 0.945. The summed E-state index contributed by atoms with van der Waals surface area (Å²) in [5, 5.41) is 0.